The van der Waals surface area contributed by atoms with E-state index in [4.69, 9.17) is 8.37 Å². The topological polar surface area (TPSA) is 86.7 Å². The van der Waals surface area contributed by atoms with Gasteiger partial charge >= 0.3 is 0 Å². The maximum atomic E-state index is 11.1. The third-order valence-corrected chi connectivity index (χ3v) is 3.49. The predicted molar refractivity (Wildman–Crippen MR) is 69.2 cm³/mol. The lowest BCUT2D eigenvalue weighted by Crippen LogP contribution is -2.32. The Morgan fingerprint density at radius 1 is 0.944 bits per heavy atom. The molecule has 0 bridgehead atoms. The van der Waals surface area contributed by atoms with Crippen LogP contribution < -0.4 is 0 Å². The highest BCUT2D eigenvalue weighted by Crippen LogP contribution is 2.16. The zero-order valence-electron chi connectivity index (χ0n) is 11.2. The molecular formula is C10H22O6S2. The van der Waals surface area contributed by atoms with Gasteiger partial charge in [0.25, 0.3) is 20.2 Å². The molecule has 0 fully saturated rings. The first-order chi connectivity index (χ1) is 8.05. The van der Waals surface area contributed by atoms with Gasteiger partial charge < -0.3 is 0 Å². The van der Waals surface area contributed by atoms with Gasteiger partial charge in [-0.15, -0.1) is 0 Å². The second-order valence-corrected chi connectivity index (χ2v) is 7.54. The van der Waals surface area contributed by atoms with Crippen LogP contribution in [0, 0.1) is 0 Å². The highest BCUT2D eigenvalue weighted by Gasteiger charge is 2.25. The molecule has 0 N–H and O–H groups in total. The largest absolute Gasteiger partial charge is 0.264 e. The van der Waals surface area contributed by atoms with E-state index in [1.165, 1.54) is 6.92 Å². The summed E-state index contributed by atoms with van der Waals surface area (Å²) in [6.45, 7) is 3.51. The van der Waals surface area contributed by atoms with Gasteiger partial charge in [0.2, 0.25) is 0 Å². The first kappa shape index (κ1) is 17.8. The molecule has 6 nitrogen and oxygen atoms in total. The number of hydrogen-bond acceptors (Lipinski definition) is 6. The summed E-state index contributed by atoms with van der Waals surface area (Å²) >= 11 is 0. The van der Waals surface area contributed by atoms with Crippen LogP contribution in [0.25, 0.3) is 0 Å². The fourth-order valence-electron chi connectivity index (χ4n) is 1.52. The molecule has 0 aromatic carbocycles. The van der Waals surface area contributed by atoms with Gasteiger partial charge in [-0.3, -0.25) is 8.37 Å². The molecule has 18 heavy (non-hydrogen) atoms. The summed E-state index contributed by atoms with van der Waals surface area (Å²) in [6, 6.07) is 0. The average Bonchev–Trinajstić information content (AvgIpc) is 2.11. The first-order valence-electron chi connectivity index (χ1n) is 5.81. The van der Waals surface area contributed by atoms with Crippen LogP contribution >= 0.6 is 0 Å². The van der Waals surface area contributed by atoms with Gasteiger partial charge in [0.1, 0.15) is 12.2 Å². The van der Waals surface area contributed by atoms with Crippen molar-refractivity contribution in [2.24, 2.45) is 0 Å². The Morgan fingerprint density at radius 3 is 1.83 bits per heavy atom. The van der Waals surface area contributed by atoms with Crippen LogP contribution in [0.3, 0.4) is 0 Å². The van der Waals surface area contributed by atoms with E-state index in [-0.39, 0.29) is 0 Å². The summed E-state index contributed by atoms with van der Waals surface area (Å²) in [6.07, 6.45) is 3.36. The van der Waals surface area contributed by atoms with Crippen molar-refractivity contribution in [1.29, 1.82) is 0 Å². The molecular weight excluding hydrogens is 280 g/mol. The van der Waals surface area contributed by atoms with Crippen LogP contribution in [0.4, 0.5) is 0 Å². The molecule has 0 saturated heterocycles. The van der Waals surface area contributed by atoms with E-state index in [0.717, 1.165) is 31.8 Å². The van der Waals surface area contributed by atoms with Gasteiger partial charge in [-0.25, -0.2) is 0 Å². The molecule has 0 aliphatic carbocycles. The third kappa shape index (κ3) is 9.81. The molecule has 0 heterocycles. The van der Waals surface area contributed by atoms with Crippen LogP contribution in [-0.4, -0.2) is 41.6 Å². The second kappa shape index (κ2) is 7.42. The second-order valence-electron chi connectivity index (χ2n) is 4.34. The molecule has 0 rings (SSSR count). The van der Waals surface area contributed by atoms with E-state index in [1.807, 2.05) is 6.92 Å². The maximum absolute atomic E-state index is 11.1. The van der Waals surface area contributed by atoms with Gasteiger partial charge in [-0.2, -0.15) is 16.8 Å². The van der Waals surface area contributed by atoms with E-state index in [0.29, 0.717) is 6.42 Å². The van der Waals surface area contributed by atoms with Gasteiger partial charge in [0, 0.05) is 0 Å². The number of hydrogen-bond donors (Lipinski definition) is 0. The molecule has 0 radical (unpaired) electrons. The van der Waals surface area contributed by atoms with Crippen LogP contribution in [0.1, 0.15) is 39.5 Å². The number of rotatable bonds is 9. The Kier molecular flexibility index (Phi) is 7.34. The van der Waals surface area contributed by atoms with Crippen LogP contribution in [0.2, 0.25) is 0 Å². The Morgan fingerprint density at radius 2 is 1.44 bits per heavy atom. The molecule has 0 spiro atoms. The molecule has 0 amide bonds. The van der Waals surface area contributed by atoms with E-state index >= 15 is 0 Å². The van der Waals surface area contributed by atoms with Crippen LogP contribution in [0.5, 0.6) is 0 Å². The average molecular weight is 302 g/mol. The van der Waals surface area contributed by atoms with Crippen molar-refractivity contribution in [3.8, 4) is 0 Å². The first-order valence-corrected chi connectivity index (χ1v) is 9.45. The lowest BCUT2D eigenvalue weighted by molar-refractivity contribution is 0.0682. The van der Waals surface area contributed by atoms with Crippen molar-refractivity contribution in [2.75, 3.05) is 12.5 Å². The maximum Gasteiger partial charge on any atom is 0.264 e. The van der Waals surface area contributed by atoms with Gasteiger partial charge in [0.15, 0.2) is 0 Å². The quantitative estimate of drug-likeness (QED) is 0.471. The molecule has 0 aliphatic heterocycles. The normalized spacial score (nSPS) is 16.4. The third-order valence-electron chi connectivity index (χ3n) is 2.24. The number of unbranched alkanes of at least 4 members (excludes halogenated alkanes) is 2. The standard InChI is InChI=1S/C10H22O6S2/c1-5-6-7-8-10(16-18(4,13)14)9(2)15-17(3,11)12/h9-10H,5-8H2,1-4H3. The van der Waals surface area contributed by atoms with E-state index < -0.39 is 32.4 Å². The summed E-state index contributed by atoms with van der Waals surface area (Å²) in [5, 5.41) is 0. The molecule has 0 saturated carbocycles. The molecule has 2 unspecified atom stereocenters. The van der Waals surface area contributed by atoms with Crippen molar-refractivity contribution in [2.45, 2.75) is 51.7 Å². The monoisotopic (exact) mass is 302 g/mol. The van der Waals surface area contributed by atoms with Crippen molar-refractivity contribution in [3.05, 3.63) is 0 Å². The summed E-state index contributed by atoms with van der Waals surface area (Å²) in [5.74, 6) is 0. The highest BCUT2D eigenvalue weighted by atomic mass is 32.2. The Bertz CT molecular complexity index is 425. The Labute approximate surface area is 110 Å². The highest BCUT2D eigenvalue weighted by molar-refractivity contribution is 7.86. The lowest BCUT2D eigenvalue weighted by atomic mass is 10.1. The van der Waals surface area contributed by atoms with Gasteiger partial charge in [-0.1, -0.05) is 26.2 Å². The SMILES string of the molecule is CCCCCC(OS(C)(=O)=O)C(C)OS(C)(=O)=O. The molecule has 0 aliphatic rings. The molecule has 110 valence electrons. The van der Waals surface area contributed by atoms with E-state index in [2.05, 4.69) is 0 Å². The fourth-order valence-corrected chi connectivity index (χ4v) is 2.90. The summed E-state index contributed by atoms with van der Waals surface area (Å²) in [5.41, 5.74) is 0. The Balaban J connectivity index is 4.63. The summed E-state index contributed by atoms with van der Waals surface area (Å²) < 4.78 is 53.9. The molecule has 0 aromatic heterocycles. The molecule has 2 atom stereocenters. The van der Waals surface area contributed by atoms with Crippen molar-refractivity contribution < 1.29 is 25.2 Å². The minimum atomic E-state index is -3.64. The fraction of sp³-hybridized carbons (Fsp3) is 1.00. The zero-order valence-corrected chi connectivity index (χ0v) is 12.9. The van der Waals surface area contributed by atoms with Crippen LogP contribution in [0.15, 0.2) is 0 Å². The summed E-state index contributed by atoms with van der Waals surface area (Å²) in [4.78, 5) is 0. The van der Waals surface area contributed by atoms with Crippen molar-refractivity contribution in [1.82, 2.24) is 0 Å². The summed E-state index contributed by atoms with van der Waals surface area (Å²) in [7, 11) is -7.27. The zero-order chi connectivity index (χ0) is 14.4. The smallest absolute Gasteiger partial charge is 0.264 e. The van der Waals surface area contributed by atoms with Crippen molar-refractivity contribution in [3.63, 3.8) is 0 Å². The minimum Gasteiger partial charge on any atom is -0.264 e. The van der Waals surface area contributed by atoms with Crippen molar-refractivity contribution >= 4 is 20.2 Å². The van der Waals surface area contributed by atoms with Gasteiger partial charge in [-0.05, 0) is 13.3 Å². The van der Waals surface area contributed by atoms with E-state index in [9.17, 15) is 16.8 Å². The lowest BCUT2D eigenvalue weighted by Gasteiger charge is -2.22. The van der Waals surface area contributed by atoms with E-state index in [1.54, 1.807) is 0 Å². The molecule has 0 aromatic rings. The van der Waals surface area contributed by atoms with Crippen LogP contribution in [-0.2, 0) is 28.6 Å². The molecule has 8 heteroatoms. The predicted octanol–water partition coefficient (Wildman–Crippen LogP) is 1.28. The Hall–Kier alpha value is -0.180. The minimum absolute atomic E-state index is 0.442. The van der Waals surface area contributed by atoms with Gasteiger partial charge in [0.05, 0.1) is 12.5 Å².